The largest absolute Gasteiger partial charge is 0.389 e. The quantitative estimate of drug-likeness (QED) is 0.848. The molecule has 0 amide bonds. The summed E-state index contributed by atoms with van der Waals surface area (Å²) in [5, 5.41) is 2.82. The van der Waals surface area contributed by atoms with Gasteiger partial charge in [-0.25, -0.2) is 13.8 Å². The van der Waals surface area contributed by atoms with Gasteiger partial charge in [0.15, 0.2) is 0 Å². The number of pyridine rings is 1. The van der Waals surface area contributed by atoms with Crippen molar-refractivity contribution in [3.05, 3.63) is 53.2 Å². The number of aryl methyl sites for hydroxylation is 1. The van der Waals surface area contributed by atoms with Crippen LogP contribution in [-0.2, 0) is 0 Å². The maximum absolute atomic E-state index is 13.1. The fourth-order valence-corrected chi connectivity index (χ4v) is 1.98. The van der Waals surface area contributed by atoms with E-state index in [4.69, 9.17) is 18.0 Å². The highest BCUT2D eigenvalue weighted by molar-refractivity contribution is 7.80. The highest BCUT2D eigenvalue weighted by atomic mass is 32.1. The van der Waals surface area contributed by atoms with Crippen LogP contribution in [-0.4, -0.2) is 9.97 Å². The van der Waals surface area contributed by atoms with E-state index in [0.29, 0.717) is 11.4 Å². The lowest BCUT2D eigenvalue weighted by molar-refractivity contribution is 0.584. The lowest BCUT2D eigenvalue weighted by Crippen LogP contribution is -2.14. The first kappa shape index (κ1) is 13.4. The highest BCUT2D eigenvalue weighted by Gasteiger charge is 2.11. The molecule has 3 N–H and O–H groups in total. The first-order valence-electron chi connectivity index (χ1n) is 5.46. The Labute approximate surface area is 114 Å². The zero-order valence-electron chi connectivity index (χ0n) is 10.1. The average molecular weight is 279 g/mol. The summed E-state index contributed by atoms with van der Waals surface area (Å²) in [6.45, 7) is 1.83. The third-order valence-corrected chi connectivity index (χ3v) is 2.74. The molecule has 0 radical (unpaired) electrons. The van der Waals surface area contributed by atoms with Gasteiger partial charge in [-0.15, -0.1) is 0 Å². The second-order valence-corrected chi connectivity index (χ2v) is 4.44. The molecule has 1 aromatic heterocycles. The van der Waals surface area contributed by atoms with E-state index in [1.165, 1.54) is 0 Å². The third-order valence-electron chi connectivity index (χ3n) is 2.53. The van der Waals surface area contributed by atoms with Crippen molar-refractivity contribution in [2.24, 2.45) is 5.73 Å². The molecule has 2 aromatic rings. The van der Waals surface area contributed by atoms with Gasteiger partial charge in [0.2, 0.25) is 0 Å². The Bertz CT molecular complexity index is 624. The molecule has 98 valence electrons. The topological polar surface area (TPSA) is 50.9 Å². The van der Waals surface area contributed by atoms with Gasteiger partial charge >= 0.3 is 0 Å². The Balaban J connectivity index is 2.43. The SMILES string of the molecule is Cc1ccnc(Nc2cc(F)cc(F)c2)c1C(N)=S. The molecule has 0 aliphatic heterocycles. The first-order chi connectivity index (χ1) is 8.97. The summed E-state index contributed by atoms with van der Waals surface area (Å²) in [6.07, 6.45) is 1.56. The van der Waals surface area contributed by atoms with Gasteiger partial charge in [0.05, 0.1) is 5.56 Å². The summed E-state index contributed by atoms with van der Waals surface area (Å²) < 4.78 is 26.2. The molecule has 0 saturated heterocycles. The van der Waals surface area contributed by atoms with Crippen molar-refractivity contribution in [1.29, 1.82) is 0 Å². The second-order valence-electron chi connectivity index (χ2n) is 4.00. The van der Waals surface area contributed by atoms with Crippen LogP contribution in [0.4, 0.5) is 20.3 Å². The number of nitrogens with one attached hydrogen (secondary N) is 1. The molecule has 0 saturated carbocycles. The number of nitrogens with two attached hydrogens (primary N) is 1. The number of halogens is 2. The highest BCUT2D eigenvalue weighted by Crippen LogP contribution is 2.22. The predicted molar refractivity (Wildman–Crippen MR) is 74.5 cm³/mol. The van der Waals surface area contributed by atoms with E-state index in [0.717, 1.165) is 23.8 Å². The Hall–Kier alpha value is -2.08. The average Bonchev–Trinajstić information content (AvgIpc) is 2.26. The Morgan fingerprint density at radius 1 is 1.26 bits per heavy atom. The summed E-state index contributed by atoms with van der Waals surface area (Å²) in [4.78, 5) is 4.26. The molecule has 1 aromatic carbocycles. The molecule has 0 aliphatic carbocycles. The summed E-state index contributed by atoms with van der Waals surface area (Å²) in [7, 11) is 0. The van der Waals surface area contributed by atoms with Crippen molar-refractivity contribution in [3.8, 4) is 0 Å². The zero-order valence-corrected chi connectivity index (χ0v) is 10.9. The van der Waals surface area contributed by atoms with Crippen LogP contribution in [0.3, 0.4) is 0 Å². The van der Waals surface area contributed by atoms with Crippen molar-refractivity contribution in [3.63, 3.8) is 0 Å². The Morgan fingerprint density at radius 2 is 1.89 bits per heavy atom. The van der Waals surface area contributed by atoms with Crippen LogP contribution in [0, 0.1) is 18.6 Å². The van der Waals surface area contributed by atoms with Crippen LogP contribution >= 0.6 is 12.2 Å². The zero-order chi connectivity index (χ0) is 14.0. The molecule has 0 aliphatic rings. The number of rotatable bonds is 3. The summed E-state index contributed by atoms with van der Waals surface area (Å²) >= 11 is 4.95. The molecule has 0 bridgehead atoms. The number of benzene rings is 1. The number of anilines is 2. The van der Waals surface area contributed by atoms with Crippen molar-refractivity contribution in [2.75, 3.05) is 5.32 Å². The standard InChI is InChI=1S/C13H11F2N3S/c1-7-2-3-17-13(11(7)12(16)19)18-10-5-8(14)4-9(15)6-10/h2-6H,1H3,(H2,16,19)(H,17,18). The molecule has 1 heterocycles. The third kappa shape index (κ3) is 3.03. The van der Waals surface area contributed by atoms with Gasteiger partial charge in [0, 0.05) is 18.0 Å². The van der Waals surface area contributed by atoms with Crippen molar-refractivity contribution in [1.82, 2.24) is 4.98 Å². The van der Waals surface area contributed by atoms with E-state index in [2.05, 4.69) is 10.3 Å². The van der Waals surface area contributed by atoms with E-state index >= 15 is 0 Å². The van der Waals surface area contributed by atoms with E-state index < -0.39 is 11.6 Å². The van der Waals surface area contributed by atoms with Gasteiger partial charge in [-0.05, 0) is 30.7 Å². The van der Waals surface area contributed by atoms with Crippen LogP contribution in [0.25, 0.3) is 0 Å². The van der Waals surface area contributed by atoms with Crippen molar-refractivity contribution < 1.29 is 8.78 Å². The number of hydrogen-bond donors (Lipinski definition) is 2. The molecule has 0 unspecified atom stereocenters. The van der Waals surface area contributed by atoms with Crippen LogP contribution in [0.1, 0.15) is 11.1 Å². The Morgan fingerprint density at radius 3 is 2.47 bits per heavy atom. The van der Waals surface area contributed by atoms with Gasteiger partial charge in [-0.1, -0.05) is 12.2 Å². The molecule has 0 fully saturated rings. The fourth-order valence-electron chi connectivity index (χ4n) is 1.73. The Kier molecular flexibility index (Phi) is 3.71. The smallest absolute Gasteiger partial charge is 0.140 e. The van der Waals surface area contributed by atoms with Gasteiger partial charge in [0.25, 0.3) is 0 Å². The lowest BCUT2D eigenvalue weighted by atomic mass is 10.1. The van der Waals surface area contributed by atoms with E-state index in [9.17, 15) is 8.78 Å². The van der Waals surface area contributed by atoms with Crippen molar-refractivity contribution >= 4 is 28.7 Å². The van der Waals surface area contributed by atoms with Gasteiger partial charge in [0.1, 0.15) is 22.4 Å². The number of thiocarbonyl (C=S) groups is 1. The maximum Gasteiger partial charge on any atom is 0.140 e. The molecule has 19 heavy (non-hydrogen) atoms. The molecule has 6 heteroatoms. The lowest BCUT2D eigenvalue weighted by Gasteiger charge is -2.12. The first-order valence-corrected chi connectivity index (χ1v) is 5.86. The number of hydrogen-bond acceptors (Lipinski definition) is 3. The summed E-state index contributed by atoms with van der Waals surface area (Å²) in [6, 6.07) is 4.88. The van der Waals surface area contributed by atoms with Crippen molar-refractivity contribution in [2.45, 2.75) is 6.92 Å². The van der Waals surface area contributed by atoms with Gasteiger partial charge in [-0.3, -0.25) is 0 Å². The molecule has 3 nitrogen and oxygen atoms in total. The molecule has 0 atom stereocenters. The van der Waals surface area contributed by atoms with E-state index in [1.807, 2.05) is 6.92 Å². The fraction of sp³-hybridized carbons (Fsp3) is 0.0769. The van der Waals surface area contributed by atoms with Crippen LogP contribution in [0.2, 0.25) is 0 Å². The molecular formula is C13H11F2N3S. The predicted octanol–water partition coefficient (Wildman–Crippen LogP) is 3.05. The molecular weight excluding hydrogens is 268 g/mol. The van der Waals surface area contributed by atoms with Crippen LogP contribution in [0.15, 0.2) is 30.5 Å². The van der Waals surface area contributed by atoms with Gasteiger partial charge in [-0.2, -0.15) is 0 Å². The monoisotopic (exact) mass is 279 g/mol. The molecule has 2 rings (SSSR count). The van der Waals surface area contributed by atoms with E-state index in [1.54, 1.807) is 12.3 Å². The normalized spacial score (nSPS) is 10.3. The minimum atomic E-state index is -0.674. The van der Waals surface area contributed by atoms with Gasteiger partial charge < -0.3 is 11.1 Å². The van der Waals surface area contributed by atoms with Crippen LogP contribution in [0.5, 0.6) is 0 Å². The maximum atomic E-state index is 13.1. The second kappa shape index (κ2) is 5.27. The summed E-state index contributed by atoms with van der Waals surface area (Å²) in [5.74, 6) is -0.975. The minimum absolute atomic E-state index is 0.171. The minimum Gasteiger partial charge on any atom is -0.389 e. The number of aromatic nitrogens is 1. The number of nitrogens with zero attached hydrogens (tertiary/aromatic N) is 1. The van der Waals surface area contributed by atoms with E-state index in [-0.39, 0.29) is 10.7 Å². The summed E-state index contributed by atoms with van der Waals surface area (Å²) in [5.41, 5.74) is 7.27. The molecule has 0 spiro atoms. The van der Waals surface area contributed by atoms with Crippen LogP contribution < -0.4 is 11.1 Å².